The van der Waals surface area contributed by atoms with Crippen LogP contribution >= 0.6 is 15.9 Å². The maximum atomic E-state index is 11.3. The number of benzene rings is 2. The maximum Gasteiger partial charge on any atom is 0.220 e. The summed E-state index contributed by atoms with van der Waals surface area (Å²) < 4.78 is 14.4. The highest BCUT2D eigenvalue weighted by Gasteiger charge is 2.16. The molecule has 4 aromatic rings. The fourth-order valence-electron chi connectivity index (χ4n) is 3.31. The number of pyridine rings is 1. The molecule has 0 aliphatic heterocycles. The summed E-state index contributed by atoms with van der Waals surface area (Å²) in [5.74, 6) is 1.47. The fraction of sp³-hybridized carbons (Fsp3) is 0.174. The van der Waals surface area contributed by atoms with Crippen molar-refractivity contribution in [2.24, 2.45) is 12.8 Å². The van der Waals surface area contributed by atoms with Gasteiger partial charge in [0, 0.05) is 42.6 Å². The highest BCUT2D eigenvalue weighted by atomic mass is 79.9. The fourth-order valence-corrected chi connectivity index (χ4v) is 3.58. The number of halogens is 1. The Hall–Kier alpha value is -3.43. The van der Waals surface area contributed by atoms with Crippen molar-refractivity contribution in [3.05, 3.63) is 71.0 Å². The van der Waals surface area contributed by atoms with Gasteiger partial charge in [-0.25, -0.2) is 4.98 Å². The zero-order chi connectivity index (χ0) is 22.7. The Kier molecular flexibility index (Phi) is 6.38. The number of aryl methyl sites for hydroxylation is 1. The number of methoxy groups -OCH3 is 1. The lowest BCUT2D eigenvalue weighted by Gasteiger charge is -2.14. The van der Waals surface area contributed by atoms with Gasteiger partial charge in [-0.2, -0.15) is 0 Å². The Bertz CT molecular complexity index is 1260. The van der Waals surface area contributed by atoms with Gasteiger partial charge in [0.15, 0.2) is 0 Å². The van der Waals surface area contributed by atoms with Gasteiger partial charge in [0.2, 0.25) is 11.9 Å². The first-order valence-corrected chi connectivity index (χ1v) is 10.7. The van der Waals surface area contributed by atoms with Crippen LogP contribution in [-0.2, 0) is 16.6 Å². The standard InChI is InChI=1S/C23H22BrN5O3/c1-29-20-8-7-16(11-18(20)28-23(29)27-15-5-3-14(24)4-6-15)32-17-9-10-26-19(12-17)21(31-2)13-22(25)30/h3-12,21H,13H2,1-2H3,(H2,25,30)(H,27,28). The molecular weight excluding hydrogens is 474 g/mol. The van der Waals surface area contributed by atoms with Crippen LogP contribution in [-0.4, -0.2) is 27.6 Å². The van der Waals surface area contributed by atoms with Crippen molar-refractivity contribution < 1.29 is 14.3 Å². The van der Waals surface area contributed by atoms with Gasteiger partial charge < -0.3 is 25.1 Å². The molecule has 4 rings (SSSR count). The van der Waals surface area contributed by atoms with E-state index in [1.54, 1.807) is 18.3 Å². The van der Waals surface area contributed by atoms with Crippen molar-refractivity contribution in [2.45, 2.75) is 12.5 Å². The zero-order valence-corrected chi connectivity index (χ0v) is 19.2. The molecule has 0 radical (unpaired) electrons. The van der Waals surface area contributed by atoms with E-state index in [0.717, 1.165) is 27.1 Å². The van der Waals surface area contributed by atoms with E-state index in [2.05, 4.69) is 26.2 Å². The molecule has 1 unspecified atom stereocenters. The number of ether oxygens (including phenoxy) is 2. The number of nitrogens with one attached hydrogen (secondary N) is 1. The molecule has 32 heavy (non-hydrogen) atoms. The van der Waals surface area contributed by atoms with E-state index in [1.165, 1.54) is 7.11 Å². The Balaban J connectivity index is 1.56. The van der Waals surface area contributed by atoms with Crippen LogP contribution in [0.15, 0.2) is 65.3 Å². The van der Waals surface area contributed by atoms with E-state index in [9.17, 15) is 4.79 Å². The normalized spacial score (nSPS) is 12.0. The minimum Gasteiger partial charge on any atom is -0.457 e. The second-order valence-corrected chi connectivity index (χ2v) is 8.11. The topological polar surface area (TPSA) is 104 Å². The van der Waals surface area contributed by atoms with Gasteiger partial charge in [-0.3, -0.25) is 9.78 Å². The predicted octanol–water partition coefficient (Wildman–Crippen LogP) is 4.83. The highest BCUT2D eigenvalue weighted by Crippen LogP contribution is 2.29. The summed E-state index contributed by atoms with van der Waals surface area (Å²) in [6.07, 6.45) is 1.12. The zero-order valence-electron chi connectivity index (χ0n) is 17.6. The first-order valence-electron chi connectivity index (χ1n) is 9.87. The monoisotopic (exact) mass is 495 g/mol. The van der Waals surface area contributed by atoms with Crippen molar-refractivity contribution in [1.29, 1.82) is 0 Å². The SMILES string of the molecule is COC(CC(N)=O)c1cc(Oc2ccc3c(c2)nc(Nc2ccc(Br)cc2)n3C)ccn1. The van der Waals surface area contributed by atoms with Crippen molar-refractivity contribution >= 4 is 44.5 Å². The molecule has 2 aromatic carbocycles. The largest absolute Gasteiger partial charge is 0.457 e. The average molecular weight is 496 g/mol. The molecule has 0 aliphatic rings. The van der Waals surface area contributed by atoms with Crippen molar-refractivity contribution in [2.75, 3.05) is 12.4 Å². The highest BCUT2D eigenvalue weighted by molar-refractivity contribution is 9.10. The lowest BCUT2D eigenvalue weighted by Crippen LogP contribution is -2.17. The number of carbonyl (C=O) groups is 1. The van der Waals surface area contributed by atoms with E-state index in [4.69, 9.17) is 20.2 Å². The summed E-state index contributed by atoms with van der Waals surface area (Å²) in [4.78, 5) is 20.2. The van der Waals surface area contributed by atoms with E-state index in [1.807, 2.05) is 54.1 Å². The molecule has 1 amide bonds. The molecule has 8 nitrogen and oxygen atoms in total. The second-order valence-electron chi connectivity index (χ2n) is 7.19. The van der Waals surface area contributed by atoms with Crippen LogP contribution in [0.4, 0.5) is 11.6 Å². The summed E-state index contributed by atoms with van der Waals surface area (Å²) >= 11 is 3.44. The van der Waals surface area contributed by atoms with Gasteiger partial charge in [0.25, 0.3) is 0 Å². The number of amides is 1. The van der Waals surface area contributed by atoms with Crippen LogP contribution in [0.5, 0.6) is 11.5 Å². The molecule has 2 aromatic heterocycles. The molecule has 0 bridgehead atoms. The lowest BCUT2D eigenvalue weighted by atomic mass is 10.1. The molecule has 0 spiro atoms. The number of anilines is 2. The summed E-state index contributed by atoms with van der Waals surface area (Å²) in [6.45, 7) is 0. The lowest BCUT2D eigenvalue weighted by molar-refractivity contribution is -0.120. The second kappa shape index (κ2) is 9.37. The van der Waals surface area contributed by atoms with Gasteiger partial charge in [-0.05, 0) is 42.5 Å². The number of carbonyl (C=O) groups excluding carboxylic acids is 1. The van der Waals surface area contributed by atoms with Gasteiger partial charge in [-0.15, -0.1) is 0 Å². The first kappa shape index (κ1) is 21.8. The molecule has 164 valence electrons. The minimum absolute atomic E-state index is 0.0427. The van der Waals surface area contributed by atoms with Crippen LogP contribution in [0, 0.1) is 0 Å². The molecule has 0 saturated heterocycles. The van der Waals surface area contributed by atoms with Crippen LogP contribution in [0.25, 0.3) is 11.0 Å². The maximum absolute atomic E-state index is 11.3. The van der Waals surface area contributed by atoms with Crippen molar-refractivity contribution in [3.8, 4) is 11.5 Å². The quantitative estimate of drug-likeness (QED) is 0.362. The van der Waals surface area contributed by atoms with Crippen LogP contribution < -0.4 is 15.8 Å². The number of nitrogens with zero attached hydrogens (tertiary/aromatic N) is 3. The minimum atomic E-state index is -0.526. The average Bonchev–Trinajstić information content (AvgIpc) is 3.08. The van der Waals surface area contributed by atoms with Gasteiger partial charge in [-0.1, -0.05) is 15.9 Å². The predicted molar refractivity (Wildman–Crippen MR) is 126 cm³/mol. The first-order chi connectivity index (χ1) is 15.4. The van der Waals surface area contributed by atoms with Gasteiger partial charge in [0.1, 0.15) is 17.6 Å². The van der Waals surface area contributed by atoms with Crippen molar-refractivity contribution in [1.82, 2.24) is 14.5 Å². The number of fused-ring (bicyclic) bond motifs is 1. The molecule has 1 atom stereocenters. The third kappa shape index (κ3) is 4.90. The Morgan fingerprint density at radius 1 is 1.16 bits per heavy atom. The van der Waals surface area contributed by atoms with E-state index < -0.39 is 12.0 Å². The molecule has 0 saturated carbocycles. The van der Waals surface area contributed by atoms with E-state index >= 15 is 0 Å². The number of nitrogens with two attached hydrogens (primary N) is 1. The third-order valence-electron chi connectivity index (χ3n) is 4.94. The summed E-state index contributed by atoms with van der Waals surface area (Å²) in [5, 5.41) is 3.33. The van der Waals surface area contributed by atoms with Crippen LogP contribution in [0.1, 0.15) is 18.2 Å². The van der Waals surface area contributed by atoms with Crippen molar-refractivity contribution in [3.63, 3.8) is 0 Å². The Morgan fingerprint density at radius 2 is 1.91 bits per heavy atom. The number of hydrogen-bond acceptors (Lipinski definition) is 6. The van der Waals surface area contributed by atoms with Crippen LogP contribution in [0.2, 0.25) is 0 Å². The summed E-state index contributed by atoms with van der Waals surface area (Å²) in [7, 11) is 3.47. The van der Waals surface area contributed by atoms with E-state index in [0.29, 0.717) is 17.2 Å². The molecular formula is C23H22BrN5O3. The molecule has 3 N–H and O–H groups in total. The number of rotatable bonds is 8. The third-order valence-corrected chi connectivity index (χ3v) is 5.47. The number of primary amides is 1. The molecule has 9 heteroatoms. The van der Waals surface area contributed by atoms with E-state index in [-0.39, 0.29) is 6.42 Å². The molecule has 0 aliphatic carbocycles. The number of aromatic nitrogens is 3. The van der Waals surface area contributed by atoms with Crippen LogP contribution in [0.3, 0.4) is 0 Å². The molecule has 2 heterocycles. The summed E-state index contributed by atoms with van der Waals surface area (Å²) in [6, 6.07) is 17.1. The summed E-state index contributed by atoms with van der Waals surface area (Å²) in [5.41, 5.74) is 8.57. The Morgan fingerprint density at radius 3 is 2.62 bits per heavy atom. The smallest absolute Gasteiger partial charge is 0.220 e. The molecule has 0 fully saturated rings. The van der Waals surface area contributed by atoms with Gasteiger partial charge in [0.05, 0.1) is 23.1 Å². The number of hydrogen-bond donors (Lipinski definition) is 2. The van der Waals surface area contributed by atoms with Gasteiger partial charge >= 0.3 is 0 Å². The number of imidazole rings is 1. The Labute approximate surface area is 193 Å².